The maximum absolute atomic E-state index is 12.9. The average molecular weight is 367 g/mol. The molecule has 0 heterocycles. The van der Waals surface area contributed by atoms with Crippen molar-refractivity contribution in [2.45, 2.75) is 50.4 Å². The van der Waals surface area contributed by atoms with Crippen molar-refractivity contribution in [1.82, 2.24) is 5.32 Å². The molecule has 2 aromatic rings. The van der Waals surface area contributed by atoms with E-state index in [2.05, 4.69) is 5.32 Å². The summed E-state index contributed by atoms with van der Waals surface area (Å²) in [7, 11) is 0. The molecule has 0 radical (unpaired) electrons. The minimum atomic E-state index is -1.06. The molecule has 0 spiro atoms. The van der Waals surface area contributed by atoms with Crippen LogP contribution in [0.3, 0.4) is 0 Å². The Morgan fingerprint density at radius 1 is 1.00 bits per heavy atom. The first-order valence-corrected chi connectivity index (χ1v) is 9.41. The predicted octanol–water partition coefficient (Wildman–Crippen LogP) is 3.50. The Hall–Kier alpha value is -2.66. The molecule has 3 rings (SSSR count). The Morgan fingerprint density at radius 3 is 2.19 bits per heavy atom. The number of carboxylic acids is 1. The monoisotopic (exact) mass is 367 g/mol. The number of hydrogen-bond acceptors (Lipinski definition) is 3. The van der Waals surface area contributed by atoms with Gasteiger partial charge < -0.3 is 15.2 Å². The lowest BCUT2D eigenvalue weighted by atomic mass is 10.0. The smallest absolute Gasteiger partial charge is 0.326 e. The predicted molar refractivity (Wildman–Crippen MR) is 102 cm³/mol. The van der Waals surface area contributed by atoms with Crippen LogP contribution in [0.25, 0.3) is 0 Å². The summed E-state index contributed by atoms with van der Waals surface area (Å²) in [6.07, 6.45) is 3.53. The number of benzene rings is 2. The second kappa shape index (κ2) is 9.33. The van der Waals surface area contributed by atoms with Gasteiger partial charge in [-0.25, -0.2) is 4.79 Å². The van der Waals surface area contributed by atoms with Crippen LogP contribution in [0.15, 0.2) is 60.7 Å². The van der Waals surface area contributed by atoms with E-state index in [1.54, 1.807) is 0 Å². The molecule has 1 saturated carbocycles. The van der Waals surface area contributed by atoms with E-state index < -0.39 is 24.0 Å². The minimum Gasteiger partial charge on any atom is -0.480 e. The first-order valence-electron chi connectivity index (χ1n) is 9.41. The number of rotatable bonds is 8. The van der Waals surface area contributed by atoms with E-state index in [1.165, 1.54) is 0 Å². The highest BCUT2D eigenvalue weighted by molar-refractivity contribution is 5.87. The third-order valence-electron chi connectivity index (χ3n) is 4.87. The molecule has 2 atom stereocenters. The number of carboxylic acid groups (broad SMARTS) is 1. The van der Waals surface area contributed by atoms with Gasteiger partial charge in [-0.3, -0.25) is 4.79 Å². The number of aliphatic carboxylic acids is 1. The van der Waals surface area contributed by atoms with Crippen molar-refractivity contribution in [3.05, 3.63) is 71.8 Å². The Balaban J connectivity index is 1.74. The van der Waals surface area contributed by atoms with Crippen molar-refractivity contribution in [3.63, 3.8) is 0 Å². The van der Waals surface area contributed by atoms with E-state index in [9.17, 15) is 14.7 Å². The molecule has 0 aliphatic heterocycles. The Labute approximate surface area is 159 Å². The summed E-state index contributed by atoms with van der Waals surface area (Å²) in [5.74, 6) is -1.46. The highest BCUT2D eigenvalue weighted by Gasteiger charge is 2.30. The third-order valence-corrected chi connectivity index (χ3v) is 4.87. The van der Waals surface area contributed by atoms with Crippen LogP contribution in [0.5, 0.6) is 0 Å². The van der Waals surface area contributed by atoms with Gasteiger partial charge in [-0.05, 0) is 24.0 Å². The topological polar surface area (TPSA) is 75.6 Å². The minimum absolute atomic E-state index is 0.0401. The average Bonchev–Trinajstić information content (AvgIpc) is 3.20. The molecule has 0 unspecified atom stereocenters. The molecule has 1 aliphatic rings. The van der Waals surface area contributed by atoms with E-state index in [0.717, 1.165) is 36.8 Å². The van der Waals surface area contributed by atoms with E-state index in [-0.39, 0.29) is 12.5 Å². The maximum atomic E-state index is 12.9. The van der Waals surface area contributed by atoms with Gasteiger partial charge in [0.25, 0.3) is 5.91 Å². The number of carbonyl (C=O) groups excluding carboxylic acids is 1. The molecular formula is C22H25NO4. The molecule has 0 saturated heterocycles. The number of amides is 1. The maximum Gasteiger partial charge on any atom is 0.326 e. The van der Waals surface area contributed by atoms with Gasteiger partial charge in [-0.2, -0.15) is 0 Å². The second-order valence-electron chi connectivity index (χ2n) is 6.92. The van der Waals surface area contributed by atoms with Gasteiger partial charge in [0.2, 0.25) is 0 Å². The van der Waals surface area contributed by atoms with Gasteiger partial charge in [-0.15, -0.1) is 0 Å². The molecule has 1 aliphatic carbocycles. The van der Waals surface area contributed by atoms with Gasteiger partial charge in [0.05, 0.1) is 6.10 Å². The number of hydrogen-bond donors (Lipinski definition) is 2. The van der Waals surface area contributed by atoms with Crippen LogP contribution in [0, 0.1) is 0 Å². The van der Waals surface area contributed by atoms with Crippen molar-refractivity contribution in [1.29, 1.82) is 0 Å². The first-order chi connectivity index (χ1) is 13.1. The molecule has 2 N–H and O–H groups in total. The van der Waals surface area contributed by atoms with Crippen LogP contribution in [0.2, 0.25) is 0 Å². The highest BCUT2D eigenvalue weighted by Crippen LogP contribution is 2.28. The Morgan fingerprint density at radius 2 is 1.59 bits per heavy atom. The van der Waals surface area contributed by atoms with Gasteiger partial charge >= 0.3 is 5.97 Å². The lowest BCUT2D eigenvalue weighted by Crippen LogP contribution is -2.45. The van der Waals surface area contributed by atoms with Crippen LogP contribution < -0.4 is 5.32 Å². The molecule has 1 fully saturated rings. The van der Waals surface area contributed by atoms with E-state index in [0.29, 0.717) is 0 Å². The summed E-state index contributed by atoms with van der Waals surface area (Å²) in [4.78, 5) is 24.6. The van der Waals surface area contributed by atoms with Crippen molar-refractivity contribution >= 4 is 11.9 Å². The standard InChI is InChI=1S/C22H25NO4/c24-21(23-19(22(25)26)15-16-9-3-1-4-10-16)20(17-11-5-2-6-12-17)27-18-13-7-8-14-18/h1-6,9-12,18-20H,7-8,13-15H2,(H,23,24)(H,25,26)/t19-,20+/m1/s1. The largest absolute Gasteiger partial charge is 0.480 e. The van der Waals surface area contributed by atoms with Crippen LogP contribution >= 0.6 is 0 Å². The molecule has 5 nitrogen and oxygen atoms in total. The number of carbonyl (C=O) groups is 2. The zero-order chi connectivity index (χ0) is 19.1. The van der Waals surface area contributed by atoms with E-state index in [1.807, 2.05) is 60.7 Å². The van der Waals surface area contributed by atoms with Gasteiger partial charge in [0, 0.05) is 6.42 Å². The normalized spacial score (nSPS) is 16.6. The van der Waals surface area contributed by atoms with Crippen LogP contribution in [0.1, 0.15) is 42.9 Å². The third kappa shape index (κ3) is 5.41. The summed E-state index contributed by atoms with van der Waals surface area (Å²) < 4.78 is 6.09. The molecule has 1 amide bonds. The van der Waals surface area contributed by atoms with Gasteiger partial charge in [0.1, 0.15) is 6.04 Å². The number of ether oxygens (including phenoxy) is 1. The van der Waals surface area contributed by atoms with Crippen LogP contribution in [-0.2, 0) is 20.7 Å². The quantitative estimate of drug-likeness (QED) is 0.749. The van der Waals surface area contributed by atoms with Crippen molar-refractivity contribution in [3.8, 4) is 0 Å². The van der Waals surface area contributed by atoms with Crippen LogP contribution in [-0.4, -0.2) is 29.1 Å². The van der Waals surface area contributed by atoms with Gasteiger partial charge in [0.15, 0.2) is 6.10 Å². The second-order valence-corrected chi connectivity index (χ2v) is 6.92. The molecule has 142 valence electrons. The molecule has 27 heavy (non-hydrogen) atoms. The van der Waals surface area contributed by atoms with Crippen molar-refractivity contribution < 1.29 is 19.4 Å². The van der Waals surface area contributed by atoms with E-state index in [4.69, 9.17) is 4.74 Å². The summed E-state index contributed by atoms with van der Waals surface area (Å²) in [5, 5.41) is 12.2. The SMILES string of the molecule is O=C(N[C@H](Cc1ccccc1)C(=O)O)[C@@H](OC1CCCC1)c1ccccc1. The Bertz CT molecular complexity index is 741. The Kier molecular flexibility index (Phi) is 6.60. The summed E-state index contributed by atoms with van der Waals surface area (Å²) >= 11 is 0. The zero-order valence-electron chi connectivity index (χ0n) is 15.2. The van der Waals surface area contributed by atoms with Crippen molar-refractivity contribution in [2.24, 2.45) is 0 Å². The van der Waals surface area contributed by atoms with Crippen molar-refractivity contribution in [2.75, 3.05) is 0 Å². The lowest BCUT2D eigenvalue weighted by Gasteiger charge is -2.24. The fraction of sp³-hybridized carbons (Fsp3) is 0.364. The molecule has 2 aromatic carbocycles. The summed E-state index contributed by atoms with van der Waals surface area (Å²) in [5.41, 5.74) is 1.60. The molecule has 0 bridgehead atoms. The summed E-state index contributed by atoms with van der Waals surface area (Å²) in [6.45, 7) is 0. The highest BCUT2D eigenvalue weighted by atomic mass is 16.5. The van der Waals surface area contributed by atoms with Gasteiger partial charge in [-0.1, -0.05) is 73.5 Å². The first kappa shape index (κ1) is 19.1. The molecule has 0 aromatic heterocycles. The fourth-order valence-corrected chi connectivity index (χ4v) is 3.43. The number of nitrogens with one attached hydrogen (secondary N) is 1. The van der Waals surface area contributed by atoms with Crippen LogP contribution in [0.4, 0.5) is 0 Å². The lowest BCUT2D eigenvalue weighted by molar-refractivity contribution is -0.146. The zero-order valence-corrected chi connectivity index (χ0v) is 15.2. The van der Waals surface area contributed by atoms with E-state index >= 15 is 0 Å². The molecule has 5 heteroatoms. The summed E-state index contributed by atoms with van der Waals surface area (Å²) in [6, 6.07) is 17.5. The molecular weight excluding hydrogens is 342 g/mol. The fourth-order valence-electron chi connectivity index (χ4n) is 3.43.